The smallest absolute Gasteiger partial charge is 0.328 e. The summed E-state index contributed by atoms with van der Waals surface area (Å²) in [5.41, 5.74) is 1.35. The van der Waals surface area contributed by atoms with Crippen molar-refractivity contribution in [3.05, 3.63) is 90.3 Å². The largest absolute Gasteiger partial charge is 0.467 e. The molecule has 1 amide bonds. The van der Waals surface area contributed by atoms with Crippen LogP contribution in [0.15, 0.2) is 78.9 Å². The number of para-hydroxylation sites is 3. The van der Waals surface area contributed by atoms with Crippen LogP contribution in [0.2, 0.25) is 0 Å². The third kappa shape index (κ3) is 6.63. The molecule has 0 aliphatic carbocycles. The first-order valence-corrected chi connectivity index (χ1v) is 13.9. The van der Waals surface area contributed by atoms with Gasteiger partial charge in [-0.05, 0) is 42.3 Å². The summed E-state index contributed by atoms with van der Waals surface area (Å²) in [5.74, 6) is 2.12. The summed E-state index contributed by atoms with van der Waals surface area (Å²) in [5, 5.41) is 4.15. The van der Waals surface area contributed by atoms with Crippen LogP contribution in [0.1, 0.15) is 30.0 Å². The summed E-state index contributed by atoms with van der Waals surface area (Å²) >= 11 is 0. The van der Waals surface area contributed by atoms with Gasteiger partial charge in [-0.2, -0.15) is 0 Å². The number of nitrogens with zero attached hydrogens (tertiary/aromatic N) is 4. The maximum Gasteiger partial charge on any atom is 0.328 e. The molecule has 1 aliphatic rings. The summed E-state index contributed by atoms with van der Waals surface area (Å²) in [7, 11) is 1.39. The predicted octanol–water partition coefficient (Wildman–Crippen LogP) is 4.99. The minimum absolute atomic E-state index is 0.00784. The molecule has 1 fully saturated rings. The second-order valence-corrected chi connectivity index (χ2v) is 10.4. The third-order valence-corrected chi connectivity index (χ3v) is 7.18. The zero-order valence-corrected chi connectivity index (χ0v) is 23.6. The molecule has 0 bridgehead atoms. The monoisotopic (exact) mass is 553 g/mol. The van der Waals surface area contributed by atoms with E-state index >= 15 is 0 Å². The highest BCUT2D eigenvalue weighted by atomic mass is 16.5. The number of piperazine rings is 1. The summed E-state index contributed by atoms with van der Waals surface area (Å²) in [6.45, 7) is 6.98. The lowest BCUT2D eigenvalue weighted by atomic mass is 10.0. The number of ether oxygens (including phenoxy) is 2. The van der Waals surface area contributed by atoms with Crippen molar-refractivity contribution in [1.82, 2.24) is 19.8 Å². The highest BCUT2D eigenvalue weighted by Crippen LogP contribution is 2.27. The molecule has 212 valence electrons. The molecular weight excluding hydrogens is 518 g/mol. The molecule has 1 N–H and O–H groups in total. The van der Waals surface area contributed by atoms with Crippen LogP contribution in [0.5, 0.6) is 11.5 Å². The summed E-state index contributed by atoms with van der Waals surface area (Å²) in [4.78, 5) is 39.6. The number of esters is 1. The van der Waals surface area contributed by atoms with Crippen LogP contribution < -0.4 is 10.1 Å². The number of nitrogens with one attached hydrogen (secondary N) is 1. The van der Waals surface area contributed by atoms with Crippen molar-refractivity contribution in [2.24, 2.45) is 5.92 Å². The van der Waals surface area contributed by atoms with Gasteiger partial charge >= 0.3 is 5.97 Å². The number of methoxy groups -OCH3 is 1. The fourth-order valence-corrected chi connectivity index (χ4v) is 4.90. The normalized spacial score (nSPS) is 14.6. The summed E-state index contributed by atoms with van der Waals surface area (Å²) < 4.78 is 11.0. The number of carbonyl (C=O) groups excluding carboxylic acids is 2. The van der Waals surface area contributed by atoms with Crippen molar-refractivity contribution in [1.29, 1.82) is 0 Å². The number of rotatable bonds is 9. The Morgan fingerprint density at radius 3 is 2.29 bits per heavy atom. The van der Waals surface area contributed by atoms with E-state index in [2.05, 4.69) is 10.2 Å². The van der Waals surface area contributed by atoms with Crippen molar-refractivity contribution < 1.29 is 19.1 Å². The Balaban J connectivity index is 1.27. The Morgan fingerprint density at radius 2 is 1.56 bits per heavy atom. The Hall–Kier alpha value is -4.50. The molecule has 0 unspecified atom stereocenters. The first kappa shape index (κ1) is 28.0. The van der Waals surface area contributed by atoms with E-state index in [1.807, 2.05) is 97.6 Å². The standard InChI is InChI=1S/C32H35N5O4/c1-22(2)29(32(39)40-3)35-30-24-13-7-9-15-26(24)33-28(34-30)21-36-17-19-37(20-18-36)31(38)25-14-8-10-16-27(25)41-23-11-5-4-6-12-23/h4-16,22,29H,17-21H2,1-3H3,(H,33,34,35)/t29-/m0/s1. The van der Waals surface area contributed by atoms with Gasteiger partial charge in [0, 0.05) is 31.6 Å². The second-order valence-electron chi connectivity index (χ2n) is 10.4. The SMILES string of the molecule is COC(=O)[C@@H](Nc1nc(CN2CCN(C(=O)c3ccccc3Oc3ccccc3)CC2)nc2ccccc12)C(C)C. The fraction of sp³-hybridized carbons (Fsp3) is 0.312. The molecule has 0 spiro atoms. The number of carbonyl (C=O) groups is 2. The van der Waals surface area contributed by atoms with Crippen molar-refractivity contribution in [3.8, 4) is 11.5 Å². The van der Waals surface area contributed by atoms with Gasteiger partial charge in [0.15, 0.2) is 0 Å². The molecule has 9 heteroatoms. The molecule has 1 saturated heterocycles. The molecule has 9 nitrogen and oxygen atoms in total. The average molecular weight is 554 g/mol. The van der Waals surface area contributed by atoms with Crippen LogP contribution in [-0.4, -0.2) is 71.0 Å². The van der Waals surface area contributed by atoms with Crippen LogP contribution >= 0.6 is 0 Å². The molecule has 1 aliphatic heterocycles. The van der Waals surface area contributed by atoms with Gasteiger partial charge in [0.05, 0.1) is 24.7 Å². The Morgan fingerprint density at radius 1 is 0.878 bits per heavy atom. The average Bonchev–Trinajstić information content (AvgIpc) is 3.00. The van der Waals surface area contributed by atoms with E-state index in [4.69, 9.17) is 19.4 Å². The van der Waals surface area contributed by atoms with Crippen LogP contribution in [-0.2, 0) is 16.1 Å². The molecule has 1 aromatic heterocycles. The van der Waals surface area contributed by atoms with Gasteiger partial charge in [0.25, 0.3) is 5.91 Å². The van der Waals surface area contributed by atoms with E-state index in [0.717, 1.165) is 10.9 Å². The zero-order valence-electron chi connectivity index (χ0n) is 23.6. The maximum atomic E-state index is 13.5. The van der Waals surface area contributed by atoms with Crippen LogP contribution in [0.25, 0.3) is 10.9 Å². The number of amides is 1. The first-order chi connectivity index (χ1) is 19.9. The van der Waals surface area contributed by atoms with E-state index in [1.165, 1.54) is 7.11 Å². The number of hydrogen-bond acceptors (Lipinski definition) is 8. The molecule has 3 aromatic carbocycles. The van der Waals surface area contributed by atoms with Gasteiger partial charge in [-0.1, -0.05) is 56.3 Å². The Bertz CT molecular complexity index is 1500. The number of hydrogen-bond donors (Lipinski definition) is 1. The van der Waals surface area contributed by atoms with Crippen molar-refractivity contribution in [2.75, 3.05) is 38.6 Å². The Labute approximate surface area is 240 Å². The van der Waals surface area contributed by atoms with Gasteiger partial charge in [-0.3, -0.25) is 9.69 Å². The van der Waals surface area contributed by atoms with E-state index in [9.17, 15) is 9.59 Å². The number of anilines is 1. The van der Waals surface area contributed by atoms with Crippen molar-refractivity contribution >= 4 is 28.6 Å². The quantitative estimate of drug-likeness (QED) is 0.290. The van der Waals surface area contributed by atoms with E-state index in [0.29, 0.717) is 61.4 Å². The second kappa shape index (κ2) is 12.8. The van der Waals surface area contributed by atoms with Gasteiger partial charge in [0.1, 0.15) is 29.2 Å². The number of aromatic nitrogens is 2. The highest BCUT2D eigenvalue weighted by molar-refractivity contribution is 5.97. The Kier molecular flexibility index (Phi) is 8.74. The highest BCUT2D eigenvalue weighted by Gasteiger charge is 2.27. The van der Waals surface area contributed by atoms with Crippen LogP contribution in [0.4, 0.5) is 5.82 Å². The lowest BCUT2D eigenvalue weighted by molar-refractivity contribution is -0.142. The maximum absolute atomic E-state index is 13.5. The topological polar surface area (TPSA) is 96.9 Å². The van der Waals surface area contributed by atoms with E-state index in [1.54, 1.807) is 0 Å². The van der Waals surface area contributed by atoms with Crippen LogP contribution in [0.3, 0.4) is 0 Å². The predicted molar refractivity (Wildman–Crippen MR) is 158 cm³/mol. The fourth-order valence-electron chi connectivity index (χ4n) is 4.90. The van der Waals surface area contributed by atoms with E-state index < -0.39 is 6.04 Å². The minimum Gasteiger partial charge on any atom is -0.467 e. The lowest BCUT2D eigenvalue weighted by Gasteiger charge is -2.34. The first-order valence-electron chi connectivity index (χ1n) is 13.9. The molecular formula is C32H35N5O4. The minimum atomic E-state index is -0.533. The molecule has 4 aromatic rings. The number of benzene rings is 3. The van der Waals surface area contributed by atoms with Gasteiger partial charge in [0.2, 0.25) is 0 Å². The van der Waals surface area contributed by atoms with Crippen molar-refractivity contribution in [3.63, 3.8) is 0 Å². The van der Waals surface area contributed by atoms with E-state index in [-0.39, 0.29) is 17.8 Å². The zero-order chi connectivity index (χ0) is 28.8. The third-order valence-electron chi connectivity index (χ3n) is 7.18. The molecule has 5 rings (SSSR count). The van der Waals surface area contributed by atoms with Gasteiger partial charge < -0.3 is 19.7 Å². The van der Waals surface area contributed by atoms with Gasteiger partial charge in [-0.25, -0.2) is 14.8 Å². The number of fused-ring (bicyclic) bond motifs is 1. The van der Waals surface area contributed by atoms with Gasteiger partial charge in [-0.15, -0.1) is 0 Å². The molecule has 41 heavy (non-hydrogen) atoms. The lowest BCUT2D eigenvalue weighted by Crippen LogP contribution is -2.48. The van der Waals surface area contributed by atoms with Crippen molar-refractivity contribution in [2.45, 2.75) is 26.4 Å². The summed E-state index contributed by atoms with van der Waals surface area (Å²) in [6, 6.07) is 24.0. The molecule has 0 saturated carbocycles. The van der Waals surface area contributed by atoms with Crippen LogP contribution in [0, 0.1) is 5.92 Å². The molecule has 1 atom stereocenters. The molecule has 2 heterocycles. The summed E-state index contributed by atoms with van der Waals surface area (Å²) in [6.07, 6.45) is 0. The molecule has 0 radical (unpaired) electrons.